The fourth-order valence-corrected chi connectivity index (χ4v) is 8.23. The van der Waals surface area contributed by atoms with Gasteiger partial charge in [0.1, 0.15) is 17.4 Å². The first-order valence-corrected chi connectivity index (χ1v) is 21.5. The molecule has 6 aliphatic rings. The van der Waals surface area contributed by atoms with Crippen molar-refractivity contribution in [2.24, 2.45) is 11.8 Å². The molecule has 1 N–H and O–H groups in total. The van der Waals surface area contributed by atoms with Crippen LogP contribution in [0.25, 0.3) is 0 Å². The Kier molecular flexibility index (Phi) is 15.4. The van der Waals surface area contributed by atoms with E-state index in [-0.39, 0.29) is 53.7 Å². The average Bonchev–Trinajstić information content (AvgIpc) is 3.52. The second-order valence-corrected chi connectivity index (χ2v) is 16.6. The van der Waals surface area contributed by atoms with Crippen molar-refractivity contribution in [3.05, 3.63) is 48.0 Å². The second kappa shape index (κ2) is 20.6. The lowest BCUT2D eigenvalue weighted by Gasteiger charge is -2.40. The summed E-state index contributed by atoms with van der Waals surface area (Å²) in [6.07, 6.45) is 13.2. The third kappa shape index (κ3) is 11.8. The van der Waals surface area contributed by atoms with Gasteiger partial charge in [-0.1, -0.05) is 12.8 Å². The van der Waals surface area contributed by atoms with Gasteiger partial charge in [0.15, 0.2) is 6.61 Å². The molecular weight excluding hydrogens is 748 g/mol. The number of nitrogens with zero attached hydrogens (tertiary/aromatic N) is 8. The number of halogens is 1. The highest BCUT2D eigenvalue weighted by Crippen LogP contribution is 2.28. The van der Waals surface area contributed by atoms with Gasteiger partial charge in [0.25, 0.3) is 5.91 Å². The van der Waals surface area contributed by atoms with Crippen LogP contribution in [0.5, 0.6) is 11.5 Å². The molecule has 0 bridgehead atoms. The predicted molar refractivity (Wildman–Crippen MR) is 217 cm³/mol. The summed E-state index contributed by atoms with van der Waals surface area (Å²) >= 11 is 5.53. The van der Waals surface area contributed by atoms with Crippen molar-refractivity contribution in [2.75, 3.05) is 91.0 Å². The number of rotatable bonds is 8. The number of ether oxygens (including phenoxy) is 1. The molecule has 14 nitrogen and oxygen atoms in total. The van der Waals surface area contributed by atoms with Gasteiger partial charge >= 0.3 is 0 Å². The predicted octanol–water partition coefficient (Wildman–Crippen LogP) is 3.18. The molecule has 57 heavy (non-hydrogen) atoms. The summed E-state index contributed by atoms with van der Waals surface area (Å²) in [6.45, 7) is 13.5. The van der Waals surface area contributed by atoms with Crippen LogP contribution in [0.1, 0.15) is 62.8 Å². The van der Waals surface area contributed by atoms with Gasteiger partial charge in [-0.15, -0.1) is 11.6 Å². The lowest BCUT2D eigenvalue weighted by Crippen LogP contribution is -2.57. The molecule has 2 saturated carbocycles. The Morgan fingerprint density at radius 2 is 1.12 bits per heavy atom. The number of aromatic hydroxyl groups is 1. The maximum atomic E-state index is 12.8. The van der Waals surface area contributed by atoms with Crippen molar-refractivity contribution >= 4 is 35.2 Å². The molecule has 15 heteroatoms. The van der Waals surface area contributed by atoms with Gasteiger partial charge in [-0.3, -0.25) is 38.9 Å². The number of hydrogen-bond donors (Lipinski definition) is 1. The van der Waals surface area contributed by atoms with Gasteiger partial charge in [-0.05, 0) is 76.6 Å². The first kappa shape index (κ1) is 42.6. The van der Waals surface area contributed by atoms with Gasteiger partial charge in [-0.2, -0.15) is 0 Å². The van der Waals surface area contributed by atoms with Crippen LogP contribution < -0.4 is 4.74 Å². The summed E-state index contributed by atoms with van der Waals surface area (Å²) in [5.41, 5.74) is 1.83. The van der Waals surface area contributed by atoms with Crippen LogP contribution >= 0.6 is 11.6 Å². The minimum atomic E-state index is -0.0725. The highest BCUT2D eigenvalue weighted by Gasteiger charge is 2.40. The van der Waals surface area contributed by atoms with Crippen LogP contribution in [0.4, 0.5) is 0 Å². The Hall–Kier alpha value is -4.01. The zero-order chi connectivity index (χ0) is 40.3. The van der Waals surface area contributed by atoms with Crippen LogP contribution in [0, 0.1) is 25.7 Å². The normalized spacial score (nSPS) is 21.2. The minimum absolute atomic E-state index is 0.00702. The SMILES string of the molecule is Cc1ccc(O)cn1.Cc1ccc(OCC(=O)N2CC(C(=O)N3CCCN(C4CCC4)CC3)C2)cn1.O=C(CCl)N1CC(C(=O)N2CCCN(C3CCC3)CC2)C1. The van der Waals surface area contributed by atoms with Crippen molar-refractivity contribution in [2.45, 2.75) is 77.3 Å². The molecule has 0 spiro atoms. The van der Waals surface area contributed by atoms with Crippen LogP contribution in [-0.4, -0.2) is 171 Å². The summed E-state index contributed by atoms with van der Waals surface area (Å²) in [6, 6.07) is 8.55. The van der Waals surface area contributed by atoms with E-state index in [1.165, 1.54) is 44.7 Å². The van der Waals surface area contributed by atoms with Crippen molar-refractivity contribution < 1.29 is 29.0 Å². The largest absolute Gasteiger partial charge is 0.506 e. The van der Waals surface area contributed by atoms with Gasteiger partial charge in [0, 0.05) is 102 Å². The third-order valence-electron chi connectivity index (χ3n) is 12.3. The van der Waals surface area contributed by atoms with E-state index in [2.05, 4.69) is 19.8 Å². The fraction of sp³-hybridized carbons (Fsp3) is 0.667. The molecule has 8 rings (SSSR count). The maximum Gasteiger partial charge on any atom is 0.260 e. The van der Waals surface area contributed by atoms with Crippen molar-refractivity contribution in [3.63, 3.8) is 0 Å². The molecule has 0 unspecified atom stereocenters. The van der Waals surface area contributed by atoms with Gasteiger partial charge in [0.05, 0.1) is 24.2 Å². The number of carbonyl (C=O) groups excluding carboxylic acids is 4. The molecule has 0 radical (unpaired) electrons. The Labute approximate surface area is 342 Å². The lowest BCUT2D eigenvalue weighted by molar-refractivity contribution is -0.150. The smallest absolute Gasteiger partial charge is 0.260 e. The van der Waals surface area contributed by atoms with E-state index in [0.717, 1.165) is 88.7 Å². The van der Waals surface area contributed by atoms with E-state index in [0.29, 0.717) is 31.9 Å². The summed E-state index contributed by atoms with van der Waals surface area (Å²) in [4.78, 5) is 69.5. The Bertz CT molecular complexity index is 1610. The summed E-state index contributed by atoms with van der Waals surface area (Å²) in [5.74, 6) is 1.06. The van der Waals surface area contributed by atoms with E-state index >= 15 is 0 Å². The number of aryl methyl sites for hydroxylation is 2. The quantitative estimate of drug-likeness (QED) is 0.396. The molecule has 4 saturated heterocycles. The van der Waals surface area contributed by atoms with Gasteiger partial charge in [0.2, 0.25) is 17.7 Å². The number of pyridine rings is 2. The highest BCUT2D eigenvalue weighted by molar-refractivity contribution is 6.27. The summed E-state index contributed by atoms with van der Waals surface area (Å²) in [5, 5.41) is 8.69. The topological polar surface area (TPSA) is 143 Å². The molecule has 2 aromatic heterocycles. The monoisotopic (exact) mass is 808 g/mol. The van der Waals surface area contributed by atoms with E-state index < -0.39 is 0 Å². The number of amides is 4. The average molecular weight is 809 g/mol. The minimum Gasteiger partial charge on any atom is -0.506 e. The fourth-order valence-electron chi connectivity index (χ4n) is 8.06. The first-order valence-electron chi connectivity index (χ1n) is 20.9. The van der Waals surface area contributed by atoms with Crippen LogP contribution in [0.3, 0.4) is 0 Å². The van der Waals surface area contributed by atoms with E-state index in [9.17, 15) is 19.2 Å². The van der Waals surface area contributed by atoms with Crippen LogP contribution in [0.2, 0.25) is 0 Å². The Morgan fingerprint density at radius 3 is 1.53 bits per heavy atom. The third-order valence-corrected chi connectivity index (χ3v) is 12.5. The molecule has 4 amide bonds. The number of likely N-dealkylation sites (tertiary alicyclic amines) is 2. The van der Waals surface area contributed by atoms with Gasteiger partial charge in [-0.25, -0.2) is 0 Å². The molecule has 4 aliphatic heterocycles. The zero-order valence-corrected chi connectivity index (χ0v) is 34.5. The first-order chi connectivity index (χ1) is 27.6. The molecule has 0 atom stereocenters. The van der Waals surface area contributed by atoms with E-state index in [4.69, 9.17) is 21.4 Å². The summed E-state index contributed by atoms with van der Waals surface area (Å²) < 4.78 is 5.50. The molecule has 2 aliphatic carbocycles. The maximum absolute atomic E-state index is 12.8. The van der Waals surface area contributed by atoms with E-state index in [1.807, 2.05) is 35.8 Å². The molecule has 6 fully saturated rings. The van der Waals surface area contributed by atoms with Gasteiger partial charge < -0.3 is 29.4 Å². The molecule has 0 aromatic carbocycles. The Balaban J connectivity index is 0.000000166. The molecule has 6 heterocycles. The lowest BCUT2D eigenvalue weighted by atomic mass is 9.91. The number of hydrogen-bond acceptors (Lipinski definition) is 10. The van der Waals surface area contributed by atoms with Crippen LogP contribution in [-0.2, 0) is 19.2 Å². The molecule has 312 valence electrons. The van der Waals surface area contributed by atoms with E-state index in [1.54, 1.807) is 28.1 Å². The second-order valence-electron chi connectivity index (χ2n) is 16.3. The standard InChI is InChI=1S/C21H30N4O3.C15H24ClN3O2.C6H7NO/c1-16-6-7-19(12-22-16)28-15-20(26)25-13-17(14-25)21(27)24-9-3-8-23(10-11-24)18-4-2-5-18;16-9-14(20)19-10-12(11-19)15(21)18-6-2-5-17(7-8-18)13-3-1-4-13;1-5-2-3-6(8)4-7-5/h6-7,12,17-18H,2-5,8-11,13-15H2,1H3;12-13H,1-11H2;2-4,8H,1H3. The van der Waals surface area contributed by atoms with Crippen molar-refractivity contribution in [1.29, 1.82) is 0 Å². The van der Waals surface area contributed by atoms with Crippen molar-refractivity contribution in [1.82, 2.24) is 39.4 Å². The van der Waals surface area contributed by atoms with Crippen molar-refractivity contribution in [3.8, 4) is 11.5 Å². The molecule has 2 aromatic rings. The van der Waals surface area contributed by atoms with Crippen LogP contribution in [0.15, 0.2) is 36.7 Å². The number of alkyl halides is 1. The highest BCUT2D eigenvalue weighted by atomic mass is 35.5. The number of carbonyl (C=O) groups is 4. The zero-order valence-electron chi connectivity index (χ0n) is 33.8. The Morgan fingerprint density at radius 1 is 0.632 bits per heavy atom. The number of aromatic nitrogens is 2. The molecular formula is C42H61ClN8O6. The summed E-state index contributed by atoms with van der Waals surface area (Å²) in [7, 11) is 0.